The fourth-order valence-electron chi connectivity index (χ4n) is 3.77. The number of nitrogens with zero attached hydrogens (tertiary/aromatic N) is 3. The molecule has 7 nitrogen and oxygen atoms in total. The van der Waals surface area contributed by atoms with Crippen molar-refractivity contribution >= 4 is 11.8 Å². The number of aromatic nitrogens is 3. The standard InChI is InChI=1S/C22H30N4O2.H3N/c1-16-24-14-19(15-25-16)18(13-21(27)28)7-4-2-3-5-9-20-11-10-17-8-6-12-23-22(17)26-20;/h10-11,14-15,18H,2-9,12-13H2,1H3,(H,23,26)(H,27,28);1H3. The van der Waals surface area contributed by atoms with Gasteiger partial charge in [-0.15, -0.1) is 0 Å². The molecular formula is C22H33N5O2. The molecule has 2 aromatic heterocycles. The summed E-state index contributed by atoms with van der Waals surface area (Å²) in [6, 6.07) is 4.37. The minimum atomic E-state index is -0.766. The average molecular weight is 400 g/mol. The van der Waals surface area contributed by atoms with Crippen molar-refractivity contribution in [3.8, 4) is 0 Å². The van der Waals surface area contributed by atoms with E-state index >= 15 is 0 Å². The zero-order valence-corrected chi connectivity index (χ0v) is 17.4. The number of carbonyl (C=O) groups is 1. The largest absolute Gasteiger partial charge is 0.481 e. The van der Waals surface area contributed by atoms with Crippen molar-refractivity contribution in [2.75, 3.05) is 11.9 Å². The van der Waals surface area contributed by atoms with E-state index in [9.17, 15) is 9.90 Å². The summed E-state index contributed by atoms with van der Waals surface area (Å²) in [7, 11) is 0. The molecule has 1 aliphatic heterocycles. The first kappa shape index (κ1) is 22.7. The maximum atomic E-state index is 11.2. The van der Waals surface area contributed by atoms with Crippen LogP contribution in [0.3, 0.4) is 0 Å². The number of hydrogen-bond donors (Lipinski definition) is 3. The monoisotopic (exact) mass is 399 g/mol. The predicted octanol–water partition coefficient (Wildman–Crippen LogP) is 4.45. The lowest BCUT2D eigenvalue weighted by atomic mass is 9.92. The van der Waals surface area contributed by atoms with Gasteiger partial charge in [0.2, 0.25) is 0 Å². The number of carboxylic acids is 1. The van der Waals surface area contributed by atoms with E-state index in [1.807, 2.05) is 6.92 Å². The summed E-state index contributed by atoms with van der Waals surface area (Å²) in [6.45, 7) is 2.86. The van der Waals surface area contributed by atoms with Crippen molar-refractivity contribution in [1.82, 2.24) is 21.1 Å². The summed E-state index contributed by atoms with van der Waals surface area (Å²) >= 11 is 0. The third-order valence-corrected chi connectivity index (χ3v) is 5.38. The third kappa shape index (κ3) is 7.09. The van der Waals surface area contributed by atoms with E-state index in [1.54, 1.807) is 12.4 Å². The molecule has 3 rings (SSSR count). The molecule has 1 unspecified atom stereocenters. The Bertz CT molecular complexity index is 779. The van der Waals surface area contributed by atoms with Crippen LogP contribution in [0.1, 0.15) is 73.5 Å². The van der Waals surface area contributed by atoms with Gasteiger partial charge in [0.05, 0.1) is 6.42 Å². The summed E-state index contributed by atoms with van der Waals surface area (Å²) in [6.07, 6.45) is 12.2. The maximum absolute atomic E-state index is 11.2. The summed E-state index contributed by atoms with van der Waals surface area (Å²) in [5.74, 6) is 1.01. The normalized spacial score (nSPS) is 13.7. The second-order valence-electron chi connectivity index (χ2n) is 7.65. The highest BCUT2D eigenvalue weighted by Crippen LogP contribution is 2.26. The maximum Gasteiger partial charge on any atom is 0.303 e. The van der Waals surface area contributed by atoms with E-state index in [0.717, 1.165) is 68.6 Å². The number of aryl methyl sites for hydroxylation is 3. The highest BCUT2D eigenvalue weighted by atomic mass is 16.4. The molecule has 0 amide bonds. The molecule has 5 N–H and O–H groups in total. The fraction of sp³-hybridized carbons (Fsp3) is 0.545. The Morgan fingerprint density at radius 2 is 1.93 bits per heavy atom. The lowest BCUT2D eigenvalue weighted by Crippen LogP contribution is -2.13. The van der Waals surface area contributed by atoms with Crippen LogP contribution in [0.2, 0.25) is 0 Å². The molecule has 0 aromatic carbocycles. The summed E-state index contributed by atoms with van der Waals surface area (Å²) < 4.78 is 0. The Hall–Kier alpha value is -2.54. The number of pyridine rings is 1. The van der Waals surface area contributed by atoms with E-state index in [-0.39, 0.29) is 18.5 Å². The Labute approximate surface area is 173 Å². The lowest BCUT2D eigenvalue weighted by molar-refractivity contribution is -0.137. The van der Waals surface area contributed by atoms with Crippen molar-refractivity contribution in [2.24, 2.45) is 0 Å². The number of nitrogens with one attached hydrogen (secondary N) is 1. The van der Waals surface area contributed by atoms with Gasteiger partial charge in [-0.3, -0.25) is 4.79 Å². The van der Waals surface area contributed by atoms with Crippen LogP contribution in [0.5, 0.6) is 0 Å². The molecule has 7 heteroatoms. The van der Waals surface area contributed by atoms with Crippen LogP contribution in [0.4, 0.5) is 5.82 Å². The minimum absolute atomic E-state index is 0. The Balaban J connectivity index is 0.00000300. The first-order valence-electron chi connectivity index (χ1n) is 10.3. The van der Waals surface area contributed by atoms with E-state index in [2.05, 4.69) is 27.4 Å². The molecule has 0 saturated carbocycles. The van der Waals surface area contributed by atoms with Gasteiger partial charge in [-0.2, -0.15) is 0 Å². The van der Waals surface area contributed by atoms with Crippen molar-refractivity contribution < 1.29 is 9.90 Å². The van der Waals surface area contributed by atoms with Gasteiger partial charge in [0, 0.05) is 24.6 Å². The topological polar surface area (TPSA) is 123 Å². The first-order valence-corrected chi connectivity index (χ1v) is 10.3. The van der Waals surface area contributed by atoms with Gasteiger partial charge in [0.25, 0.3) is 0 Å². The van der Waals surface area contributed by atoms with Gasteiger partial charge < -0.3 is 16.6 Å². The molecule has 1 atom stereocenters. The summed E-state index contributed by atoms with van der Waals surface area (Å²) in [5.41, 5.74) is 3.42. The van der Waals surface area contributed by atoms with Gasteiger partial charge in [0.1, 0.15) is 11.6 Å². The summed E-state index contributed by atoms with van der Waals surface area (Å²) in [4.78, 5) is 24.4. The molecule has 0 bridgehead atoms. The highest BCUT2D eigenvalue weighted by molar-refractivity contribution is 5.68. The van der Waals surface area contributed by atoms with Crippen molar-refractivity contribution in [2.45, 2.75) is 70.6 Å². The number of aliphatic carboxylic acids is 1. The van der Waals surface area contributed by atoms with Crippen LogP contribution >= 0.6 is 0 Å². The van der Waals surface area contributed by atoms with Gasteiger partial charge in [-0.25, -0.2) is 15.0 Å². The van der Waals surface area contributed by atoms with Crippen LogP contribution in [0.25, 0.3) is 0 Å². The smallest absolute Gasteiger partial charge is 0.303 e. The second kappa shape index (κ2) is 11.5. The van der Waals surface area contributed by atoms with E-state index in [1.165, 1.54) is 12.0 Å². The fourth-order valence-corrected chi connectivity index (χ4v) is 3.77. The number of rotatable bonds is 10. The Morgan fingerprint density at radius 1 is 1.17 bits per heavy atom. The molecule has 0 fully saturated rings. The molecule has 0 radical (unpaired) electrons. The molecule has 0 saturated heterocycles. The average Bonchev–Trinajstić information content (AvgIpc) is 2.70. The van der Waals surface area contributed by atoms with Crippen molar-refractivity contribution in [1.29, 1.82) is 0 Å². The summed E-state index contributed by atoms with van der Waals surface area (Å²) in [5, 5.41) is 12.6. The molecule has 0 spiro atoms. The second-order valence-corrected chi connectivity index (χ2v) is 7.65. The van der Waals surface area contributed by atoms with E-state index in [0.29, 0.717) is 5.82 Å². The molecule has 1 aliphatic rings. The van der Waals surface area contributed by atoms with Crippen LogP contribution in [0, 0.1) is 6.92 Å². The third-order valence-electron chi connectivity index (χ3n) is 5.38. The molecule has 2 aromatic rings. The molecular weight excluding hydrogens is 366 g/mol. The number of anilines is 1. The Kier molecular flexibility index (Phi) is 8.99. The first-order chi connectivity index (χ1) is 13.6. The number of unbranched alkanes of at least 4 members (excludes halogenated alkanes) is 3. The van der Waals surface area contributed by atoms with E-state index in [4.69, 9.17) is 4.98 Å². The molecule has 3 heterocycles. The number of hydrogen-bond acceptors (Lipinski definition) is 6. The van der Waals surface area contributed by atoms with Gasteiger partial charge in [0.15, 0.2) is 0 Å². The molecule has 29 heavy (non-hydrogen) atoms. The van der Waals surface area contributed by atoms with Crippen LogP contribution in [0.15, 0.2) is 24.5 Å². The number of fused-ring (bicyclic) bond motifs is 1. The Morgan fingerprint density at radius 3 is 2.69 bits per heavy atom. The number of carboxylic acid groups (broad SMARTS) is 1. The minimum Gasteiger partial charge on any atom is -0.481 e. The van der Waals surface area contributed by atoms with Gasteiger partial charge in [-0.05, 0) is 62.1 Å². The van der Waals surface area contributed by atoms with E-state index < -0.39 is 5.97 Å². The zero-order valence-electron chi connectivity index (χ0n) is 17.4. The van der Waals surface area contributed by atoms with Crippen LogP contribution in [-0.2, 0) is 17.6 Å². The SMILES string of the molecule is Cc1ncc(C(CCCCCCc2ccc3c(n2)NCCC3)CC(=O)O)cn1.N. The predicted molar refractivity (Wildman–Crippen MR) is 115 cm³/mol. The van der Waals surface area contributed by atoms with Crippen LogP contribution < -0.4 is 11.5 Å². The van der Waals surface area contributed by atoms with Crippen molar-refractivity contribution in [3.05, 3.63) is 47.2 Å². The van der Waals surface area contributed by atoms with Crippen LogP contribution in [-0.4, -0.2) is 32.6 Å². The molecule has 158 valence electrons. The lowest BCUT2D eigenvalue weighted by Gasteiger charge is -2.17. The van der Waals surface area contributed by atoms with Gasteiger partial charge in [-0.1, -0.05) is 25.3 Å². The molecule has 0 aliphatic carbocycles. The zero-order chi connectivity index (χ0) is 19.8. The highest BCUT2D eigenvalue weighted by Gasteiger charge is 2.16. The van der Waals surface area contributed by atoms with Crippen molar-refractivity contribution in [3.63, 3.8) is 0 Å². The quantitative estimate of drug-likeness (QED) is 0.504. The van der Waals surface area contributed by atoms with Gasteiger partial charge >= 0.3 is 5.97 Å².